The molecule has 0 bridgehead atoms. The highest BCUT2D eigenvalue weighted by Crippen LogP contribution is 2.27. The van der Waals surface area contributed by atoms with Crippen LogP contribution < -0.4 is 0 Å². The van der Waals surface area contributed by atoms with Crippen LogP contribution in [-0.2, 0) is 10.5 Å². The highest BCUT2D eigenvalue weighted by molar-refractivity contribution is 7.98. The normalized spacial score (nSPS) is 11.0. The van der Waals surface area contributed by atoms with Gasteiger partial charge in [-0.2, -0.15) is 0 Å². The Kier molecular flexibility index (Phi) is 6.57. The number of carbonyl (C=O) groups is 2. The summed E-state index contributed by atoms with van der Waals surface area (Å²) in [6, 6.07) is 10.8. The maximum atomic E-state index is 12.8. The van der Waals surface area contributed by atoms with Crippen molar-refractivity contribution in [2.75, 3.05) is 6.61 Å². The molecule has 0 saturated carbocycles. The summed E-state index contributed by atoms with van der Waals surface area (Å²) in [7, 11) is 0. The number of hydrogen-bond donors (Lipinski definition) is 0. The van der Waals surface area contributed by atoms with Gasteiger partial charge >= 0.3 is 5.97 Å². The highest BCUT2D eigenvalue weighted by atomic mass is 32.2. The number of thiazole rings is 1. The van der Waals surface area contributed by atoms with Crippen LogP contribution in [0, 0.1) is 20.8 Å². The number of Topliss-reactive ketones (excluding diaryl/α,β-unsaturated/α-hetero) is 1. The van der Waals surface area contributed by atoms with Crippen molar-refractivity contribution in [2.45, 2.75) is 31.4 Å². The molecule has 0 aliphatic carbocycles. The van der Waals surface area contributed by atoms with Crippen LogP contribution >= 0.6 is 23.1 Å². The van der Waals surface area contributed by atoms with Gasteiger partial charge in [-0.1, -0.05) is 17.3 Å². The molecule has 4 aromatic rings. The molecule has 9 heteroatoms. The molecular weight excluding hydrogens is 446 g/mol. The SMILES string of the molecule is Cc1cc(CSc2ccccc2C(=O)OCC(=O)c2cc(C)n(-c3nccs3)c2C)on1. The molecule has 0 atom stereocenters. The molecule has 7 nitrogen and oxygen atoms in total. The lowest BCUT2D eigenvalue weighted by Gasteiger charge is -2.09. The molecule has 0 saturated heterocycles. The number of thioether (sulfide) groups is 1. The summed E-state index contributed by atoms with van der Waals surface area (Å²) in [5, 5.41) is 6.55. The number of aryl methyl sites for hydroxylation is 2. The predicted octanol–water partition coefficient (Wildman–Crippen LogP) is 5.18. The Morgan fingerprint density at radius 1 is 1.16 bits per heavy atom. The van der Waals surface area contributed by atoms with E-state index in [4.69, 9.17) is 9.26 Å². The summed E-state index contributed by atoms with van der Waals surface area (Å²) >= 11 is 2.94. The Bertz CT molecular complexity index is 1260. The van der Waals surface area contributed by atoms with Gasteiger partial charge in [-0.3, -0.25) is 9.36 Å². The molecular formula is C23H21N3O4S2. The Hall–Kier alpha value is -3.17. The Morgan fingerprint density at radius 2 is 1.97 bits per heavy atom. The first-order valence-electron chi connectivity index (χ1n) is 9.87. The van der Waals surface area contributed by atoms with E-state index in [1.807, 2.05) is 48.9 Å². The second-order valence-corrected chi connectivity index (χ2v) is 9.04. The zero-order valence-corrected chi connectivity index (χ0v) is 19.5. The van der Waals surface area contributed by atoms with Crippen molar-refractivity contribution < 1.29 is 18.8 Å². The summed E-state index contributed by atoms with van der Waals surface area (Å²) in [6.45, 7) is 5.30. The smallest absolute Gasteiger partial charge is 0.339 e. The Labute approximate surface area is 193 Å². The Balaban J connectivity index is 1.43. The molecule has 3 heterocycles. The van der Waals surface area contributed by atoms with E-state index in [1.54, 1.807) is 24.4 Å². The molecule has 32 heavy (non-hydrogen) atoms. The van der Waals surface area contributed by atoms with Gasteiger partial charge in [0.1, 0.15) is 5.76 Å². The Morgan fingerprint density at radius 3 is 2.69 bits per heavy atom. The third-order valence-electron chi connectivity index (χ3n) is 4.83. The molecule has 0 aliphatic heterocycles. The van der Waals surface area contributed by atoms with Gasteiger partial charge in [0, 0.05) is 39.5 Å². The van der Waals surface area contributed by atoms with Gasteiger partial charge in [-0.25, -0.2) is 9.78 Å². The van der Waals surface area contributed by atoms with Gasteiger partial charge in [0.25, 0.3) is 0 Å². The van der Waals surface area contributed by atoms with Crippen molar-refractivity contribution in [1.29, 1.82) is 0 Å². The van der Waals surface area contributed by atoms with E-state index < -0.39 is 5.97 Å². The maximum absolute atomic E-state index is 12.8. The van der Waals surface area contributed by atoms with E-state index in [1.165, 1.54) is 23.1 Å². The topological polar surface area (TPSA) is 87.2 Å². The maximum Gasteiger partial charge on any atom is 0.339 e. The van der Waals surface area contributed by atoms with Crippen molar-refractivity contribution in [3.63, 3.8) is 0 Å². The molecule has 3 aromatic heterocycles. The van der Waals surface area contributed by atoms with Crippen molar-refractivity contribution in [3.05, 3.63) is 81.9 Å². The molecule has 0 amide bonds. The molecule has 0 spiro atoms. The molecule has 1 aromatic carbocycles. The largest absolute Gasteiger partial charge is 0.454 e. The van der Waals surface area contributed by atoms with Gasteiger partial charge in [0.2, 0.25) is 5.78 Å². The summed E-state index contributed by atoms with van der Waals surface area (Å²) in [5.74, 6) is 0.467. The van der Waals surface area contributed by atoms with E-state index >= 15 is 0 Å². The van der Waals surface area contributed by atoms with Crippen LogP contribution in [0.3, 0.4) is 0 Å². The van der Waals surface area contributed by atoms with E-state index in [2.05, 4.69) is 10.1 Å². The van der Waals surface area contributed by atoms with Crippen LogP contribution in [0.15, 0.2) is 57.4 Å². The minimum absolute atomic E-state index is 0.253. The van der Waals surface area contributed by atoms with Gasteiger partial charge in [0.05, 0.1) is 17.0 Å². The fourth-order valence-corrected chi connectivity index (χ4v) is 5.01. The van der Waals surface area contributed by atoms with Gasteiger partial charge < -0.3 is 9.26 Å². The lowest BCUT2D eigenvalue weighted by molar-refractivity contribution is 0.0471. The summed E-state index contributed by atoms with van der Waals surface area (Å²) in [5.41, 5.74) is 3.41. The van der Waals surface area contributed by atoms with Crippen LogP contribution in [0.2, 0.25) is 0 Å². The summed E-state index contributed by atoms with van der Waals surface area (Å²) < 4.78 is 12.5. The van der Waals surface area contributed by atoms with Crippen molar-refractivity contribution in [2.24, 2.45) is 0 Å². The van der Waals surface area contributed by atoms with E-state index in [0.29, 0.717) is 16.9 Å². The molecule has 0 N–H and O–H groups in total. The van der Waals surface area contributed by atoms with E-state index in [9.17, 15) is 9.59 Å². The molecule has 164 valence electrons. The second-order valence-electron chi connectivity index (χ2n) is 7.15. The monoisotopic (exact) mass is 467 g/mol. The zero-order chi connectivity index (χ0) is 22.7. The van der Waals surface area contributed by atoms with E-state index in [0.717, 1.165) is 32.9 Å². The lowest BCUT2D eigenvalue weighted by Crippen LogP contribution is -2.15. The first kappa shape index (κ1) is 22.0. The van der Waals surface area contributed by atoms with Crippen molar-refractivity contribution >= 4 is 34.9 Å². The number of hydrogen-bond acceptors (Lipinski definition) is 8. The molecule has 0 unspecified atom stereocenters. The fraction of sp³-hybridized carbons (Fsp3) is 0.217. The quantitative estimate of drug-likeness (QED) is 0.200. The third kappa shape index (κ3) is 4.68. The number of aromatic nitrogens is 3. The number of carbonyl (C=O) groups excluding carboxylic acids is 2. The third-order valence-corrected chi connectivity index (χ3v) is 6.68. The molecule has 0 radical (unpaired) electrons. The van der Waals surface area contributed by atoms with Crippen LogP contribution in [-0.4, -0.2) is 33.1 Å². The number of benzene rings is 1. The number of nitrogens with zero attached hydrogens (tertiary/aromatic N) is 3. The van der Waals surface area contributed by atoms with Gasteiger partial charge in [0.15, 0.2) is 11.7 Å². The van der Waals surface area contributed by atoms with Crippen LogP contribution in [0.4, 0.5) is 0 Å². The van der Waals surface area contributed by atoms with Crippen LogP contribution in [0.25, 0.3) is 5.13 Å². The number of rotatable bonds is 8. The molecule has 0 fully saturated rings. The minimum atomic E-state index is -0.538. The van der Waals surface area contributed by atoms with Crippen molar-refractivity contribution in [1.82, 2.24) is 14.7 Å². The van der Waals surface area contributed by atoms with Crippen LogP contribution in [0.1, 0.15) is 43.6 Å². The summed E-state index contributed by atoms with van der Waals surface area (Å²) in [6.07, 6.45) is 1.72. The summed E-state index contributed by atoms with van der Waals surface area (Å²) in [4.78, 5) is 30.6. The number of esters is 1. The number of ether oxygens (including phenoxy) is 1. The zero-order valence-electron chi connectivity index (χ0n) is 17.8. The predicted molar refractivity (Wildman–Crippen MR) is 123 cm³/mol. The fourth-order valence-electron chi connectivity index (χ4n) is 3.35. The number of ketones is 1. The average Bonchev–Trinajstić information content (AvgIpc) is 3.51. The first-order chi connectivity index (χ1) is 15.4. The highest BCUT2D eigenvalue weighted by Gasteiger charge is 2.20. The van der Waals surface area contributed by atoms with Crippen LogP contribution in [0.5, 0.6) is 0 Å². The molecule has 0 aliphatic rings. The minimum Gasteiger partial charge on any atom is -0.454 e. The van der Waals surface area contributed by atoms with Gasteiger partial charge in [-0.15, -0.1) is 23.1 Å². The average molecular weight is 468 g/mol. The van der Waals surface area contributed by atoms with Crippen molar-refractivity contribution in [3.8, 4) is 5.13 Å². The lowest BCUT2D eigenvalue weighted by atomic mass is 10.1. The molecule has 4 rings (SSSR count). The van der Waals surface area contributed by atoms with E-state index in [-0.39, 0.29) is 12.4 Å². The van der Waals surface area contributed by atoms with Gasteiger partial charge in [-0.05, 0) is 39.0 Å². The standard InChI is InChI=1S/C23H21N3O4S2/c1-14-10-17(30-25-14)13-32-21-7-5-4-6-18(21)22(28)29-12-20(27)19-11-15(2)26(16(19)3)23-24-8-9-31-23/h4-11H,12-13H2,1-3H3. The first-order valence-corrected chi connectivity index (χ1v) is 11.7. The second kappa shape index (κ2) is 9.54.